The second kappa shape index (κ2) is 5.18. The van der Waals surface area contributed by atoms with E-state index in [9.17, 15) is 9.59 Å². The van der Waals surface area contributed by atoms with E-state index in [2.05, 4.69) is 20.2 Å². The molecule has 3 aliphatic heterocycles. The van der Waals surface area contributed by atoms with Gasteiger partial charge in [0.05, 0.1) is 5.92 Å². The lowest BCUT2D eigenvalue weighted by atomic mass is 9.75. The molecular formula is C16H21N5O2. The Kier molecular flexibility index (Phi) is 3.25. The standard InChI is InChI=1S/C16H21N5O2/c1-11(22)20-7-3-16(4-8-20)13-10-21(9-12(13)14(23)19-16)15-17-5-2-6-18-15/h2,5-6,12-13H,3-4,7-10H2,1H3,(H,19,23)/t12-,13+/m1/s1. The van der Waals surface area contributed by atoms with E-state index in [0.717, 1.165) is 32.5 Å². The fourth-order valence-corrected chi connectivity index (χ4v) is 4.39. The number of rotatable bonds is 1. The number of hydrogen-bond acceptors (Lipinski definition) is 5. The van der Waals surface area contributed by atoms with Crippen molar-refractivity contribution >= 4 is 17.8 Å². The third kappa shape index (κ3) is 2.26. The van der Waals surface area contributed by atoms with Crippen molar-refractivity contribution in [1.82, 2.24) is 20.2 Å². The van der Waals surface area contributed by atoms with Crippen molar-refractivity contribution in [1.29, 1.82) is 0 Å². The molecule has 0 bridgehead atoms. The summed E-state index contributed by atoms with van der Waals surface area (Å²) in [6.45, 7) is 4.53. The monoisotopic (exact) mass is 315 g/mol. The SMILES string of the molecule is CC(=O)N1CCC2(CC1)NC(=O)[C@@H]1CN(c3ncccn3)C[C@@H]12. The number of anilines is 1. The third-order valence-corrected chi connectivity index (χ3v) is 5.67. The van der Waals surface area contributed by atoms with Gasteiger partial charge in [-0.3, -0.25) is 9.59 Å². The molecule has 0 aliphatic carbocycles. The Hall–Kier alpha value is -2.18. The minimum absolute atomic E-state index is 0.00249. The summed E-state index contributed by atoms with van der Waals surface area (Å²) in [5.41, 5.74) is -0.169. The van der Waals surface area contributed by atoms with Crippen molar-refractivity contribution in [3.63, 3.8) is 0 Å². The zero-order valence-corrected chi connectivity index (χ0v) is 13.2. The molecule has 4 heterocycles. The first-order chi connectivity index (χ1) is 11.1. The van der Waals surface area contributed by atoms with Crippen molar-refractivity contribution in [3.05, 3.63) is 18.5 Å². The number of likely N-dealkylation sites (tertiary alicyclic amines) is 1. The fourth-order valence-electron chi connectivity index (χ4n) is 4.39. The number of amides is 2. The minimum atomic E-state index is -0.169. The Morgan fingerprint density at radius 2 is 1.96 bits per heavy atom. The van der Waals surface area contributed by atoms with Crippen LogP contribution in [0, 0.1) is 11.8 Å². The van der Waals surface area contributed by atoms with Crippen LogP contribution in [0.3, 0.4) is 0 Å². The van der Waals surface area contributed by atoms with Gasteiger partial charge in [0.15, 0.2) is 0 Å². The van der Waals surface area contributed by atoms with Crippen LogP contribution in [0.5, 0.6) is 0 Å². The van der Waals surface area contributed by atoms with Gasteiger partial charge in [-0.05, 0) is 18.9 Å². The third-order valence-electron chi connectivity index (χ3n) is 5.67. The summed E-state index contributed by atoms with van der Waals surface area (Å²) < 4.78 is 0. The summed E-state index contributed by atoms with van der Waals surface area (Å²) in [5, 5.41) is 3.26. The molecule has 2 atom stereocenters. The first-order valence-electron chi connectivity index (χ1n) is 8.18. The van der Waals surface area contributed by atoms with Crippen molar-refractivity contribution in [2.24, 2.45) is 11.8 Å². The van der Waals surface area contributed by atoms with Gasteiger partial charge in [0.2, 0.25) is 17.8 Å². The van der Waals surface area contributed by atoms with Gasteiger partial charge in [0.1, 0.15) is 0 Å². The molecule has 7 nitrogen and oxygen atoms in total. The fraction of sp³-hybridized carbons (Fsp3) is 0.625. The topological polar surface area (TPSA) is 78.4 Å². The molecule has 3 fully saturated rings. The predicted molar refractivity (Wildman–Crippen MR) is 83.6 cm³/mol. The summed E-state index contributed by atoms with van der Waals surface area (Å²) in [4.78, 5) is 36.6. The first kappa shape index (κ1) is 14.4. The van der Waals surface area contributed by atoms with Gasteiger partial charge >= 0.3 is 0 Å². The lowest BCUT2D eigenvalue weighted by molar-refractivity contribution is -0.130. The van der Waals surface area contributed by atoms with Crippen LogP contribution in [0.15, 0.2) is 18.5 Å². The number of carbonyl (C=O) groups is 2. The summed E-state index contributed by atoms with van der Waals surface area (Å²) in [7, 11) is 0. The van der Waals surface area contributed by atoms with Crippen LogP contribution >= 0.6 is 0 Å². The number of nitrogens with zero attached hydrogens (tertiary/aromatic N) is 4. The molecule has 4 rings (SSSR count). The van der Waals surface area contributed by atoms with E-state index in [1.165, 1.54) is 0 Å². The normalized spacial score (nSPS) is 28.8. The molecule has 1 aromatic rings. The Labute approximate surface area is 135 Å². The minimum Gasteiger partial charge on any atom is -0.350 e. The van der Waals surface area contributed by atoms with E-state index in [0.29, 0.717) is 12.5 Å². The zero-order chi connectivity index (χ0) is 16.0. The highest BCUT2D eigenvalue weighted by Gasteiger charge is 2.57. The molecule has 2 amide bonds. The van der Waals surface area contributed by atoms with Crippen molar-refractivity contribution in [3.8, 4) is 0 Å². The lowest BCUT2D eigenvalue weighted by Gasteiger charge is -2.42. The molecule has 23 heavy (non-hydrogen) atoms. The van der Waals surface area contributed by atoms with Crippen LogP contribution in [0.4, 0.5) is 5.95 Å². The Balaban J connectivity index is 1.54. The van der Waals surface area contributed by atoms with Gasteiger partial charge in [0.25, 0.3) is 0 Å². The lowest BCUT2D eigenvalue weighted by Crippen LogP contribution is -2.56. The molecule has 0 aromatic carbocycles. The predicted octanol–water partition coefficient (Wildman–Crippen LogP) is 0.0399. The second-order valence-electron chi connectivity index (χ2n) is 6.82. The van der Waals surface area contributed by atoms with Gasteiger partial charge in [-0.2, -0.15) is 0 Å². The summed E-state index contributed by atoms with van der Waals surface area (Å²) in [6, 6.07) is 1.80. The van der Waals surface area contributed by atoms with Crippen LogP contribution in [0.25, 0.3) is 0 Å². The van der Waals surface area contributed by atoms with Gasteiger partial charge in [-0.1, -0.05) is 0 Å². The smallest absolute Gasteiger partial charge is 0.225 e. The molecule has 122 valence electrons. The Bertz CT molecular complexity index is 627. The van der Waals surface area contributed by atoms with Crippen LogP contribution in [-0.2, 0) is 9.59 Å². The number of aromatic nitrogens is 2. The Morgan fingerprint density at radius 3 is 2.61 bits per heavy atom. The maximum absolute atomic E-state index is 12.5. The highest BCUT2D eigenvalue weighted by molar-refractivity contribution is 5.84. The zero-order valence-electron chi connectivity index (χ0n) is 13.2. The molecule has 3 saturated heterocycles. The van der Waals surface area contributed by atoms with Crippen molar-refractivity contribution < 1.29 is 9.59 Å². The largest absolute Gasteiger partial charge is 0.350 e. The van der Waals surface area contributed by atoms with E-state index in [1.54, 1.807) is 25.4 Å². The van der Waals surface area contributed by atoms with E-state index in [4.69, 9.17) is 0 Å². The molecule has 3 aliphatic rings. The summed E-state index contributed by atoms with van der Waals surface area (Å²) >= 11 is 0. The first-order valence-corrected chi connectivity index (χ1v) is 8.18. The molecule has 0 unspecified atom stereocenters. The molecular weight excluding hydrogens is 294 g/mol. The Morgan fingerprint density at radius 1 is 1.26 bits per heavy atom. The van der Waals surface area contributed by atoms with Crippen molar-refractivity contribution in [2.75, 3.05) is 31.1 Å². The quantitative estimate of drug-likeness (QED) is 0.792. The van der Waals surface area contributed by atoms with E-state index in [-0.39, 0.29) is 29.2 Å². The number of fused-ring (bicyclic) bond motifs is 2. The van der Waals surface area contributed by atoms with E-state index >= 15 is 0 Å². The van der Waals surface area contributed by atoms with Crippen LogP contribution in [-0.4, -0.2) is 58.4 Å². The highest BCUT2D eigenvalue weighted by atomic mass is 16.2. The van der Waals surface area contributed by atoms with Crippen LogP contribution < -0.4 is 10.2 Å². The van der Waals surface area contributed by atoms with Gasteiger partial charge in [0, 0.05) is 57.0 Å². The van der Waals surface area contributed by atoms with Gasteiger partial charge in [-0.25, -0.2) is 9.97 Å². The number of carbonyl (C=O) groups excluding carboxylic acids is 2. The second-order valence-corrected chi connectivity index (χ2v) is 6.82. The van der Waals surface area contributed by atoms with Gasteiger partial charge < -0.3 is 15.1 Å². The number of piperidine rings is 1. The average Bonchev–Trinajstić information content (AvgIpc) is 3.10. The van der Waals surface area contributed by atoms with Gasteiger partial charge in [-0.15, -0.1) is 0 Å². The van der Waals surface area contributed by atoms with E-state index < -0.39 is 0 Å². The maximum Gasteiger partial charge on any atom is 0.225 e. The van der Waals surface area contributed by atoms with E-state index in [1.807, 2.05) is 4.90 Å². The van der Waals surface area contributed by atoms with Crippen molar-refractivity contribution in [2.45, 2.75) is 25.3 Å². The summed E-state index contributed by atoms with van der Waals surface area (Å²) in [6.07, 6.45) is 5.14. The van der Waals surface area contributed by atoms with Crippen LogP contribution in [0.2, 0.25) is 0 Å². The summed E-state index contributed by atoms with van der Waals surface area (Å²) in [5.74, 6) is 1.23. The molecule has 1 N–H and O–H groups in total. The molecule has 0 saturated carbocycles. The molecule has 1 aromatic heterocycles. The number of hydrogen-bond donors (Lipinski definition) is 1. The molecule has 0 radical (unpaired) electrons. The highest BCUT2D eigenvalue weighted by Crippen LogP contribution is 2.44. The average molecular weight is 315 g/mol. The number of nitrogens with one attached hydrogen (secondary N) is 1. The van der Waals surface area contributed by atoms with Crippen LogP contribution in [0.1, 0.15) is 19.8 Å². The molecule has 1 spiro atoms. The molecule has 7 heteroatoms. The maximum atomic E-state index is 12.5.